The maximum atomic E-state index is 14.4. The van der Waals surface area contributed by atoms with Crippen molar-refractivity contribution in [1.29, 1.82) is 0 Å². The third-order valence-electron chi connectivity index (χ3n) is 4.94. The fourth-order valence-corrected chi connectivity index (χ4v) is 3.13. The van der Waals surface area contributed by atoms with Crippen LogP contribution in [0.1, 0.15) is 29.8 Å². The van der Waals surface area contributed by atoms with Crippen molar-refractivity contribution in [2.24, 2.45) is 0 Å². The Morgan fingerprint density at radius 3 is 1.89 bits per heavy atom. The number of alkyl halides is 6. The van der Waals surface area contributed by atoms with Crippen molar-refractivity contribution in [3.05, 3.63) is 65.7 Å². The molecule has 0 spiro atoms. The molecule has 14 heteroatoms. The van der Waals surface area contributed by atoms with Gasteiger partial charge in [-0.1, -0.05) is 30.3 Å². The minimum atomic E-state index is -5.64. The smallest absolute Gasteiger partial charge is 0.441 e. The highest BCUT2D eigenvalue weighted by atomic mass is 19.4. The van der Waals surface area contributed by atoms with Crippen LogP contribution in [0.25, 0.3) is 0 Å². The molecule has 0 bridgehead atoms. The fraction of sp³-hybridized carbons (Fsp3) is 0.348. The first-order valence-electron chi connectivity index (χ1n) is 10.6. The molecule has 0 fully saturated rings. The molecule has 0 saturated heterocycles. The molecule has 0 aliphatic rings. The summed E-state index contributed by atoms with van der Waals surface area (Å²) in [6.45, 7) is 1.29. The van der Waals surface area contributed by atoms with Gasteiger partial charge >= 0.3 is 30.0 Å². The molecule has 3 N–H and O–H groups in total. The van der Waals surface area contributed by atoms with Gasteiger partial charge in [0.15, 0.2) is 0 Å². The lowest BCUT2D eigenvalue weighted by molar-refractivity contribution is -0.267. The lowest BCUT2D eigenvalue weighted by Crippen LogP contribution is -2.69. The normalized spacial score (nSPS) is 15.1. The lowest BCUT2D eigenvalue weighted by Gasteiger charge is -2.36. The van der Waals surface area contributed by atoms with Crippen LogP contribution in [0.4, 0.5) is 32.0 Å². The Bertz CT molecular complexity index is 1120. The molecule has 0 aliphatic carbocycles. The number of aliphatic hydroxyl groups is 1. The van der Waals surface area contributed by atoms with Crippen LogP contribution in [-0.4, -0.2) is 54.2 Å². The van der Waals surface area contributed by atoms with E-state index in [0.717, 1.165) is 24.3 Å². The molecular formula is C23H22F6N2O6. The second-order valence-corrected chi connectivity index (χ2v) is 7.42. The van der Waals surface area contributed by atoms with E-state index in [1.165, 1.54) is 37.4 Å². The summed E-state index contributed by atoms with van der Waals surface area (Å²) in [6, 6.07) is 9.08. The molecule has 2 aromatic carbocycles. The van der Waals surface area contributed by atoms with Crippen molar-refractivity contribution in [3.63, 3.8) is 0 Å². The summed E-state index contributed by atoms with van der Waals surface area (Å²) < 4.78 is 93.2. The van der Waals surface area contributed by atoms with Gasteiger partial charge in [-0.2, -0.15) is 26.3 Å². The second-order valence-electron chi connectivity index (χ2n) is 7.42. The minimum Gasteiger partial charge on any atom is -0.463 e. The zero-order valence-corrected chi connectivity index (χ0v) is 19.4. The number of nitrogens with one attached hydrogen (secondary N) is 2. The highest BCUT2D eigenvalue weighted by molar-refractivity contribution is 5.99. The van der Waals surface area contributed by atoms with Gasteiger partial charge in [0.2, 0.25) is 0 Å². The Hall–Kier alpha value is -3.81. The van der Waals surface area contributed by atoms with E-state index >= 15 is 0 Å². The third-order valence-corrected chi connectivity index (χ3v) is 4.94. The maximum Gasteiger partial charge on any atom is 0.441 e. The van der Waals surface area contributed by atoms with Crippen molar-refractivity contribution >= 4 is 23.5 Å². The maximum absolute atomic E-state index is 14.4. The summed E-state index contributed by atoms with van der Waals surface area (Å²) in [5.74, 6) is -5.51. The van der Waals surface area contributed by atoms with E-state index in [2.05, 4.69) is 9.47 Å². The van der Waals surface area contributed by atoms with Gasteiger partial charge in [0.25, 0.3) is 11.5 Å². The molecule has 0 saturated carbocycles. The summed E-state index contributed by atoms with van der Waals surface area (Å²) in [5, 5.41) is 13.5. The Morgan fingerprint density at radius 1 is 0.811 bits per heavy atom. The summed E-state index contributed by atoms with van der Waals surface area (Å²) in [5.41, 5.74) is -10.5. The van der Waals surface area contributed by atoms with Crippen molar-refractivity contribution < 1.29 is 55.3 Å². The highest BCUT2D eigenvalue weighted by Crippen LogP contribution is 2.41. The van der Waals surface area contributed by atoms with Crippen LogP contribution in [0, 0.1) is 0 Å². The monoisotopic (exact) mass is 536 g/mol. The van der Waals surface area contributed by atoms with E-state index in [1.54, 1.807) is 5.32 Å². The van der Waals surface area contributed by atoms with Crippen LogP contribution in [0.3, 0.4) is 0 Å². The number of rotatable bonds is 9. The highest BCUT2D eigenvalue weighted by Gasteiger charge is 2.65. The number of esters is 2. The predicted octanol–water partition coefficient (Wildman–Crippen LogP) is 3.66. The number of carbonyl (C=O) groups is 3. The number of ether oxygens (including phenoxy) is 2. The number of halogens is 6. The number of amides is 1. The molecule has 0 unspecified atom stereocenters. The summed E-state index contributed by atoms with van der Waals surface area (Å²) >= 11 is 0. The number of hydrogen-bond acceptors (Lipinski definition) is 7. The topological polar surface area (TPSA) is 114 Å². The van der Waals surface area contributed by atoms with Gasteiger partial charge in [0.1, 0.15) is 0 Å². The number of hydrogen-bond donors (Lipinski definition) is 3. The zero-order chi connectivity index (χ0) is 28.1. The molecule has 0 radical (unpaired) electrons. The molecule has 8 nitrogen and oxygen atoms in total. The largest absolute Gasteiger partial charge is 0.463 e. The van der Waals surface area contributed by atoms with Crippen LogP contribution in [0.15, 0.2) is 54.6 Å². The van der Waals surface area contributed by atoms with Gasteiger partial charge in [0, 0.05) is 16.8 Å². The molecule has 1 amide bonds. The van der Waals surface area contributed by atoms with E-state index in [-0.39, 0.29) is 5.56 Å². The number of carbonyl (C=O) groups excluding carboxylic acids is 3. The van der Waals surface area contributed by atoms with Crippen molar-refractivity contribution in [3.8, 4) is 0 Å². The van der Waals surface area contributed by atoms with E-state index in [9.17, 15) is 45.8 Å². The first-order valence-corrected chi connectivity index (χ1v) is 10.6. The van der Waals surface area contributed by atoms with E-state index < -0.39 is 65.9 Å². The summed E-state index contributed by atoms with van der Waals surface area (Å²) in [4.78, 5) is 37.3. The van der Waals surface area contributed by atoms with Crippen LogP contribution in [0.5, 0.6) is 0 Å². The van der Waals surface area contributed by atoms with Crippen LogP contribution in [0.2, 0.25) is 0 Å². The van der Waals surface area contributed by atoms with Gasteiger partial charge in [-0.15, -0.1) is 0 Å². The summed E-state index contributed by atoms with van der Waals surface area (Å²) in [6.07, 6.45) is -11.2. The fourth-order valence-electron chi connectivity index (χ4n) is 3.13. The average molecular weight is 536 g/mol. The van der Waals surface area contributed by atoms with Crippen LogP contribution in [-0.2, 0) is 24.7 Å². The Balaban J connectivity index is 2.66. The molecule has 37 heavy (non-hydrogen) atoms. The zero-order valence-electron chi connectivity index (χ0n) is 19.4. The molecule has 2 rings (SSSR count). The van der Waals surface area contributed by atoms with E-state index in [4.69, 9.17) is 0 Å². The van der Waals surface area contributed by atoms with Crippen LogP contribution >= 0.6 is 0 Å². The average Bonchev–Trinajstić information content (AvgIpc) is 2.82. The molecule has 202 valence electrons. The van der Waals surface area contributed by atoms with Gasteiger partial charge in [-0.05, 0) is 38.1 Å². The Labute approximate surface area is 206 Å². The van der Waals surface area contributed by atoms with Crippen molar-refractivity contribution in [2.45, 2.75) is 37.5 Å². The van der Waals surface area contributed by atoms with E-state index in [0.29, 0.717) is 12.1 Å². The second kappa shape index (κ2) is 11.1. The Kier molecular flexibility index (Phi) is 8.80. The number of anilines is 1. The molecule has 2 atom stereocenters. The molecule has 0 aromatic heterocycles. The first kappa shape index (κ1) is 29.4. The lowest BCUT2D eigenvalue weighted by atomic mass is 9.92. The minimum absolute atomic E-state index is 0.273. The first-order chi connectivity index (χ1) is 17.1. The van der Waals surface area contributed by atoms with Crippen molar-refractivity contribution in [2.75, 3.05) is 18.5 Å². The summed E-state index contributed by atoms with van der Waals surface area (Å²) in [7, 11) is 0. The Morgan fingerprint density at radius 2 is 1.38 bits per heavy atom. The standard InChI is InChI=1S/C23H22F6N2O6/c1-3-36-18(33)20(35,22(24,25)26)15-11-8-12-16(13-15)30-21(23(27,28)29,19(34)37-4-2)31-17(32)14-9-6-5-7-10-14/h5-13,30,35H,3-4H2,1-2H3,(H,31,32)/t20-,21-/m0/s1. The van der Waals surface area contributed by atoms with Gasteiger partial charge in [0.05, 0.1) is 13.2 Å². The van der Waals surface area contributed by atoms with Gasteiger partial charge in [-0.25, -0.2) is 9.59 Å². The molecule has 2 aromatic rings. The molecular weight excluding hydrogens is 514 g/mol. The quantitative estimate of drug-likeness (QED) is 0.255. The predicted molar refractivity (Wildman–Crippen MR) is 116 cm³/mol. The number of benzene rings is 2. The van der Waals surface area contributed by atoms with Crippen LogP contribution < -0.4 is 10.6 Å². The molecule has 0 heterocycles. The van der Waals surface area contributed by atoms with E-state index in [1.807, 2.05) is 0 Å². The van der Waals surface area contributed by atoms with Gasteiger partial charge < -0.3 is 25.2 Å². The molecule has 0 aliphatic heterocycles. The van der Waals surface area contributed by atoms with Crippen molar-refractivity contribution in [1.82, 2.24) is 5.32 Å². The SMILES string of the molecule is CCOC(=O)[C@@](NC(=O)c1ccccc1)(Nc1cccc([C@](O)(C(=O)OCC)C(F)(F)F)c1)C(F)(F)F. The van der Waals surface area contributed by atoms with Gasteiger partial charge in [-0.3, -0.25) is 4.79 Å². The third kappa shape index (κ3) is 5.96.